The van der Waals surface area contributed by atoms with Crippen LogP contribution in [-0.4, -0.2) is 25.2 Å². The van der Waals surface area contributed by atoms with Crippen LogP contribution >= 0.6 is 0 Å². The van der Waals surface area contributed by atoms with E-state index in [9.17, 15) is 0 Å². The third kappa shape index (κ3) is 3.43. The van der Waals surface area contributed by atoms with E-state index < -0.39 is 0 Å². The number of nitrogens with zero attached hydrogens (tertiary/aromatic N) is 2. The summed E-state index contributed by atoms with van der Waals surface area (Å²) >= 11 is 0. The van der Waals surface area contributed by atoms with Crippen molar-refractivity contribution in [3.05, 3.63) is 23.5 Å². The molecule has 1 rings (SSSR count). The molecule has 0 spiro atoms. The van der Waals surface area contributed by atoms with E-state index in [1.807, 2.05) is 6.20 Å². The van der Waals surface area contributed by atoms with Gasteiger partial charge in [0.15, 0.2) is 0 Å². The van der Waals surface area contributed by atoms with Crippen molar-refractivity contribution in [1.82, 2.24) is 4.98 Å². The standard InChI is InChI=1S/C13H19N3O/c1-13(2,3)11-9-15-8-10(7-14)12(11)16-5-6-17-4/h8-9H,5-6H2,1-4H3,(H,15,16). The number of hydrogen-bond donors (Lipinski definition) is 1. The van der Waals surface area contributed by atoms with Gasteiger partial charge in [0.05, 0.1) is 17.9 Å². The molecule has 1 aromatic rings. The molecule has 0 saturated carbocycles. The fourth-order valence-electron chi connectivity index (χ4n) is 1.58. The third-order valence-corrected chi connectivity index (χ3v) is 2.48. The molecule has 0 aliphatic carbocycles. The van der Waals surface area contributed by atoms with Crippen LogP contribution in [0.25, 0.3) is 0 Å². The summed E-state index contributed by atoms with van der Waals surface area (Å²) in [5.74, 6) is 0. The molecule has 4 nitrogen and oxygen atoms in total. The number of anilines is 1. The number of nitrogens with one attached hydrogen (secondary N) is 1. The van der Waals surface area contributed by atoms with Crippen molar-refractivity contribution in [3.63, 3.8) is 0 Å². The summed E-state index contributed by atoms with van der Waals surface area (Å²) in [5.41, 5.74) is 2.45. The number of rotatable bonds is 4. The Balaban J connectivity index is 3.09. The Morgan fingerprint density at radius 3 is 2.65 bits per heavy atom. The minimum absolute atomic E-state index is 0.0464. The Hall–Kier alpha value is -1.60. The van der Waals surface area contributed by atoms with Crippen LogP contribution in [0.4, 0.5) is 5.69 Å². The summed E-state index contributed by atoms with van der Waals surface area (Å²) in [4.78, 5) is 4.12. The second-order valence-electron chi connectivity index (χ2n) is 4.89. The van der Waals surface area contributed by atoms with Gasteiger partial charge in [-0.05, 0) is 5.41 Å². The highest BCUT2D eigenvalue weighted by Crippen LogP contribution is 2.30. The topological polar surface area (TPSA) is 57.9 Å². The second-order valence-corrected chi connectivity index (χ2v) is 4.89. The first-order valence-electron chi connectivity index (χ1n) is 5.62. The monoisotopic (exact) mass is 233 g/mol. The molecule has 0 aromatic carbocycles. The summed E-state index contributed by atoms with van der Waals surface area (Å²) in [6.07, 6.45) is 3.40. The molecule has 17 heavy (non-hydrogen) atoms. The lowest BCUT2D eigenvalue weighted by Crippen LogP contribution is -2.18. The predicted octanol–water partition coefficient (Wildman–Crippen LogP) is 2.31. The molecule has 0 saturated heterocycles. The fourth-order valence-corrected chi connectivity index (χ4v) is 1.58. The second kappa shape index (κ2) is 5.65. The first kappa shape index (κ1) is 13.5. The van der Waals surface area contributed by atoms with E-state index in [0.29, 0.717) is 18.7 Å². The average molecular weight is 233 g/mol. The molecule has 0 atom stereocenters. The maximum absolute atomic E-state index is 9.10. The SMILES string of the molecule is COCCNc1c(C#N)cncc1C(C)(C)C. The van der Waals surface area contributed by atoms with E-state index in [1.165, 1.54) is 0 Å². The van der Waals surface area contributed by atoms with Crippen LogP contribution < -0.4 is 5.32 Å². The van der Waals surface area contributed by atoms with Crippen LogP contribution in [0.1, 0.15) is 31.9 Å². The van der Waals surface area contributed by atoms with Crippen molar-refractivity contribution < 1.29 is 4.74 Å². The number of aromatic nitrogens is 1. The molecule has 1 heterocycles. The average Bonchev–Trinajstić information content (AvgIpc) is 2.28. The number of ether oxygens (including phenoxy) is 1. The zero-order chi connectivity index (χ0) is 12.9. The van der Waals surface area contributed by atoms with Gasteiger partial charge in [-0.3, -0.25) is 4.98 Å². The Labute approximate surface area is 103 Å². The molecule has 92 valence electrons. The van der Waals surface area contributed by atoms with Crippen molar-refractivity contribution in [2.24, 2.45) is 0 Å². The minimum atomic E-state index is -0.0464. The Morgan fingerprint density at radius 1 is 1.41 bits per heavy atom. The van der Waals surface area contributed by atoms with E-state index in [1.54, 1.807) is 13.3 Å². The molecule has 1 aromatic heterocycles. The van der Waals surface area contributed by atoms with Crippen LogP contribution in [-0.2, 0) is 10.2 Å². The molecular formula is C13H19N3O. The van der Waals surface area contributed by atoms with Gasteiger partial charge in [-0.25, -0.2) is 0 Å². The number of methoxy groups -OCH3 is 1. The highest BCUT2D eigenvalue weighted by atomic mass is 16.5. The molecular weight excluding hydrogens is 214 g/mol. The predicted molar refractivity (Wildman–Crippen MR) is 68.0 cm³/mol. The van der Waals surface area contributed by atoms with Gasteiger partial charge >= 0.3 is 0 Å². The van der Waals surface area contributed by atoms with Gasteiger partial charge in [0.1, 0.15) is 6.07 Å². The number of hydrogen-bond acceptors (Lipinski definition) is 4. The van der Waals surface area contributed by atoms with Crippen LogP contribution in [0, 0.1) is 11.3 Å². The minimum Gasteiger partial charge on any atom is -0.383 e. The van der Waals surface area contributed by atoms with E-state index in [4.69, 9.17) is 10.00 Å². The molecule has 0 unspecified atom stereocenters. The van der Waals surface area contributed by atoms with Gasteiger partial charge in [0, 0.05) is 31.6 Å². The van der Waals surface area contributed by atoms with E-state index in [-0.39, 0.29) is 5.41 Å². The smallest absolute Gasteiger partial charge is 0.103 e. The lowest BCUT2D eigenvalue weighted by Gasteiger charge is -2.23. The summed E-state index contributed by atoms with van der Waals surface area (Å²) in [7, 11) is 1.66. The summed E-state index contributed by atoms with van der Waals surface area (Å²) in [5, 5.41) is 12.4. The lowest BCUT2D eigenvalue weighted by atomic mass is 9.86. The maximum Gasteiger partial charge on any atom is 0.103 e. The quantitative estimate of drug-likeness (QED) is 0.811. The molecule has 0 bridgehead atoms. The Bertz CT molecular complexity index is 416. The van der Waals surface area contributed by atoms with Crippen molar-refractivity contribution >= 4 is 5.69 Å². The van der Waals surface area contributed by atoms with Crippen molar-refractivity contribution in [2.75, 3.05) is 25.6 Å². The molecule has 1 N–H and O–H groups in total. The molecule has 0 aliphatic heterocycles. The number of pyridine rings is 1. The van der Waals surface area contributed by atoms with Gasteiger partial charge in [0.2, 0.25) is 0 Å². The van der Waals surface area contributed by atoms with E-state index in [0.717, 1.165) is 11.3 Å². The first-order chi connectivity index (χ1) is 8.00. The first-order valence-corrected chi connectivity index (χ1v) is 5.62. The van der Waals surface area contributed by atoms with Crippen LogP contribution in [0.15, 0.2) is 12.4 Å². The molecule has 0 radical (unpaired) electrons. The Kier molecular flexibility index (Phi) is 4.47. The van der Waals surface area contributed by atoms with Crippen LogP contribution in [0.3, 0.4) is 0 Å². The number of nitriles is 1. The highest BCUT2D eigenvalue weighted by Gasteiger charge is 2.20. The highest BCUT2D eigenvalue weighted by molar-refractivity contribution is 5.63. The zero-order valence-electron chi connectivity index (χ0n) is 10.9. The summed E-state index contributed by atoms with van der Waals surface area (Å²) in [6, 6.07) is 2.17. The fraction of sp³-hybridized carbons (Fsp3) is 0.538. The molecule has 0 aliphatic rings. The van der Waals surface area contributed by atoms with E-state index >= 15 is 0 Å². The largest absolute Gasteiger partial charge is 0.383 e. The van der Waals surface area contributed by atoms with Crippen LogP contribution in [0.2, 0.25) is 0 Å². The van der Waals surface area contributed by atoms with Gasteiger partial charge in [-0.1, -0.05) is 20.8 Å². The van der Waals surface area contributed by atoms with Gasteiger partial charge < -0.3 is 10.1 Å². The van der Waals surface area contributed by atoms with Crippen LogP contribution in [0.5, 0.6) is 0 Å². The molecule has 0 fully saturated rings. The summed E-state index contributed by atoms with van der Waals surface area (Å²) < 4.78 is 5.00. The Morgan fingerprint density at radius 2 is 2.12 bits per heavy atom. The zero-order valence-corrected chi connectivity index (χ0v) is 10.9. The normalized spacial score (nSPS) is 11.0. The maximum atomic E-state index is 9.10. The third-order valence-electron chi connectivity index (χ3n) is 2.48. The van der Waals surface area contributed by atoms with Gasteiger partial charge in [-0.15, -0.1) is 0 Å². The van der Waals surface area contributed by atoms with Crippen molar-refractivity contribution in [2.45, 2.75) is 26.2 Å². The van der Waals surface area contributed by atoms with Crippen molar-refractivity contribution in [1.29, 1.82) is 5.26 Å². The summed E-state index contributed by atoms with van der Waals surface area (Å²) in [6.45, 7) is 7.60. The molecule has 0 amide bonds. The lowest BCUT2D eigenvalue weighted by molar-refractivity contribution is 0.210. The van der Waals surface area contributed by atoms with Gasteiger partial charge in [-0.2, -0.15) is 5.26 Å². The molecule has 4 heteroatoms. The van der Waals surface area contributed by atoms with Crippen molar-refractivity contribution in [3.8, 4) is 6.07 Å². The van der Waals surface area contributed by atoms with Gasteiger partial charge in [0.25, 0.3) is 0 Å². The van der Waals surface area contributed by atoms with E-state index in [2.05, 4.69) is 37.1 Å².